The first kappa shape index (κ1) is 22.6. The van der Waals surface area contributed by atoms with Crippen LogP contribution >= 0.6 is 0 Å². The Labute approximate surface area is 185 Å². The van der Waals surface area contributed by atoms with Gasteiger partial charge >= 0.3 is 6.18 Å². The van der Waals surface area contributed by atoms with Crippen LogP contribution in [0.2, 0.25) is 0 Å². The Bertz CT molecular complexity index is 1100. The van der Waals surface area contributed by atoms with Gasteiger partial charge in [0.15, 0.2) is 0 Å². The summed E-state index contributed by atoms with van der Waals surface area (Å²) >= 11 is 0. The van der Waals surface area contributed by atoms with Crippen molar-refractivity contribution in [1.29, 1.82) is 0 Å². The first-order valence-electron chi connectivity index (χ1n) is 10.0. The number of carbonyl (C=O) groups excluding carboxylic acids is 2. The zero-order valence-electron chi connectivity index (χ0n) is 17.1. The summed E-state index contributed by atoms with van der Waals surface area (Å²) in [5.74, 6) is -1.36. The number of carbonyl (C=O) groups is 2. The van der Waals surface area contributed by atoms with Crippen LogP contribution in [0.15, 0.2) is 42.5 Å². The second-order valence-electron chi connectivity index (χ2n) is 7.75. The minimum Gasteiger partial charge on any atom is -0.363 e. The highest BCUT2D eigenvalue weighted by molar-refractivity contribution is 6.22. The molecule has 0 spiro atoms. The van der Waals surface area contributed by atoms with Gasteiger partial charge in [0.05, 0.1) is 28.6 Å². The molecule has 2 aromatic rings. The van der Waals surface area contributed by atoms with E-state index in [0.29, 0.717) is 6.07 Å². The summed E-state index contributed by atoms with van der Waals surface area (Å²) in [6.07, 6.45) is -4.76. The molecule has 2 amide bonds. The third kappa shape index (κ3) is 4.38. The van der Waals surface area contributed by atoms with Crippen molar-refractivity contribution >= 4 is 28.9 Å². The number of nitro groups is 1. The van der Waals surface area contributed by atoms with E-state index >= 15 is 0 Å². The van der Waals surface area contributed by atoms with Gasteiger partial charge in [-0.25, -0.2) is 9.29 Å². The van der Waals surface area contributed by atoms with Gasteiger partial charge in [-0.2, -0.15) is 13.2 Å². The fourth-order valence-electron chi connectivity index (χ4n) is 4.15. The van der Waals surface area contributed by atoms with Crippen LogP contribution in [0.4, 0.5) is 34.6 Å². The lowest BCUT2D eigenvalue weighted by molar-refractivity contribution is -0.384. The molecule has 2 aliphatic rings. The fraction of sp³-hybridized carbons (Fsp3) is 0.333. The standard InChI is InChI=1S/C21H18F4N4O4/c22-14-2-4-15(5-3-14)28-19(30)12-18(20(28)31)27-9-7-26(8-10-27)16-6-1-13(21(23,24)25)11-17(16)29(32)33/h1-6,11,18H,7-10,12H2/t18-/m0/s1. The quantitative estimate of drug-likeness (QED) is 0.298. The van der Waals surface area contributed by atoms with Gasteiger partial charge in [-0.1, -0.05) is 0 Å². The van der Waals surface area contributed by atoms with Crippen molar-refractivity contribution in [3.8, 4) is 0 Å². The Morgan fingerprint density at radius 3 is 2.18 bits per heavy atom. The minimum atomic E-state index is -4.70. The van der Waals surface area contributed by atoms with E-state index in [0.717, 1.165) is 29.2 Å². The van der Waals surface area contributed by atoms with E-state index < -0.39 is 46.0 Å². The molecule has 2 fully saturated rings. The smallest absolute Gasteiger partial charge is 0.363 e. The number of alkyl halides is 3. The molecule has 2 aliphatic heterocycles. The number of rotatable bonds is 4. The summed E-state index contributed by atoms with van der Waals surface area (Å²) in [6, 6.07) is 6.65. The Kier molecular flexibility index (Phi) is 5.78. The third-order valence-corrected chi connectivity index (χ3v) is 5.80. The number of hydrogen-bond acceptors (Lipinski definition) is 6. The molecule has 0 unspecified atom stereocenters. The highest BCUT2D eigenvalue weighted by Gasteiger charge is 2.43. The molecule has 0 aliphatic carbocycles. The summed E-state index contributed by atoms with van der Waals surface area (Å²) < 4.78 is 52.0. The Balaban J connectivity index is 1.47. The summed E-state index contributed by atoms with van der Waals surface area (Å²) in [4.78, 5) is 40.2. The average Bonchev–Trinajstić information content (AvgIpc) is 3.07. The Morgan fingerprint density at radius 2 is 1.61 bits per heavy atom. The van der Waals surface area contributed by atoms with E-state index in [1.54, 1.807) is 9.80 Å². The lowest BCUT2D eigenvalue weighted by Gasteiger charge is -2.37. The lowest BCUT2D eigenvalue weighted by Crippen LogP contribution is -2.52. The van der Waals surface area contributed by atoms with Crippen molar-refractivity contribution in [1.82, 2.24) is 4.90 Å². The van der Waals surface area contributed by atoms with Crippen LogP contribution in [0.3, 0.4) is 0 Å². The van der Waals surface area contributed by atoms with E-state index in [1.165, 1.54) is 12.1 Å². The second-order valence-corrected chi connectivity index (χ2v) is 7.75. The van der Waals surface area contributed by atoms with Crippen molar-refractivity contribution in [3.63, 3.8) is 0 Å². The van der Waals surface area contributed by atoms with Crippen LogP contribution in [0.25, 0.3) is 0 Å². The number of imide groups is 1. The number of hydrogen-bond donors (Lipinski definition) is 0. The van der Waals surface area contributed by atoms with E-state index in [9.17, 15) is 37.3 Å². The van der Waals surface area contributed by atoms with Gasteiger partial charge in [0.1, 0.15) is 11.5 Å². The van der Waals surface area contributed by atoms with Crippen molar-refractivity contribution in [2.24, 2.45) is 0 Å². The van der Waals surface area contributed by atoms with Crippen molar-refractivity contribution in [2.45, 2.75) is 18.6 Å². The van der Waals surface area contributed by atoms with Crippen LogP contribution in [0, 0.1) is 15.9 Å². The number of anilines is 2. The number of amides is 2. The van der Waals surface area contributed by atoms with Gasteiger partial charge in [0, 0.05) is 32.2 Å². The largest absolute Gasteiger partial charge is 0.416 e. The zero-order chi connectivity index (χ0) is 23.9. The molecule has 174 valence electrons. The van der Waals surface area contributed by atoms with Crippen molar-refractivity contribution in [2.75, 3.05) is 36.0 Å². The number of benzene rings is 2. The molecule has 1 atom stereocenters. The number of nitro benzene ring substituents is 1. The predicted octanol–water partition coefficient (Wildman–Crippen LogP) is 3.21. The first-order valence-corrected chi connectivity index (χ1v) is 10.0. The van der Waals surface area contributed by atoms with Crippen LogP contribution in [-0.2, 0) is 15.8 Å². The maximum Gasteiger partial charge on any atom is 0.416 e. The molecule has 0 bridgehead atoms. The van der Waals surface area contributed by atoms with Gasteiger partial charge in [-0.05, 0) is 36.4 Å². The molecule has 4 rings (SSSR count). The summed E-state index contributed by atoms with van der Waals surface area (Å²) in [5, 5.41) is 11.4. The van der Waals surface area contributed by atoms with Crippen LogP contribution in [0.1, 0.15) is 12.0 Å². The molecular formula is C21H18F4N4O4. The lowest BCUT2D eigenvalue weighted by atomic mass is 10.1. The fourth-order valence-corrected chi connectivity index (χ4v) is 4.15. The normalized spacial score (nSPS) is 19.9. The SMILES string of the molecule is O=C1C[C@H](N2CCN(c3ccc(C(F)(F)F)cc3[N+](=O)[O-])CC2)C(=O)N1c1ccc(F)cc1. The van der Waals surface area contributed by atoms with Crippen LogP contribution < -0.4 is 9.80 Å². The molecule has 0 N–H and O–H groups in total. The maximum absolute atomic E-state index is 13.2. The van der Waals surface area contributed by atoms with Crippen LogP contribution in [0.5, 0.6) is 0 Å². The second kappa shape index (κ2) is 8.43. The van der Waals surface area contributed by atoms with E-state index in [2.05, 4.69) is 0 Å². The summed E-state index contributed by atoms with van der Waals surface area (Å²) in [5.41, 5.74) is -1.41. The summed E-state index contributed by atoms with van der Waals surface area (Å²) in [7, 11) is 0. The minimum absolute atomic E-state index is 0.0589. The highest BCUT2D eigenvalue weighted by Crippen LogP contribution is 2.37. The molecule has 2 heterocycles. The predicted molar refractivity (Wildman–Crippen MR) is 109 cm³/mol. The molecule has 8 nitrogen and oxygen atoms in total. The number of nitrogens with zero attached hydrogens (tertiary/aromatic N) is 4. The molecule has 0 radical (unpaired) electrons. The molecule has 0 aromatic heterocycles. The Hall–Kier alpha value is -3.54. The van der Waals surface area contributed by atoms with Crippen LogP contribution in [-0.4, -0.2) is 53.9 Å². The molecular weight excluding hydrogens is 448 g/mol. The molecule has 0 saturated carbocycles. The zero-order valence-corrected chi connectivity index (χ0v) is 17.1. The molecule has 33 heavy (non-hydrogen) atoms. The van der Waals surface area contributed by atoms with Gasteiger partial charge < -0.3 is 4.90 Å². The van der Waals surface area contributed by atoms with E-state index in [1.807, 2.05) is 0 Å². The topological polar surface area (TPSA) is 87.0 Å². The van der Waals surface area contributed by atoms with Gasteiger partial charge in [0.2, 0.25) is 5.91 Å². The monoisotopic (exact) mass is 466 g/mol. The molecule has 12 heteroatoms. The van der Waals surface area contributed by atoms with E-state index in [-0.39, 0.29) is 44.0 Å². The van der Waals surface area contributed by atoms with Gasteiger partial charge in [-0.3, -0.25) is 24.6 Å². The highest BCUT2D eigenvalue weighted by atomic mass is 19.4. The van der Waals surface area contributed by atoms with Gasteiger partial charge in [0.25, 0.3) is 11.6 Å². The average molecular weight is 466 g/mol. The number of halogens is 4. The summed E-state index contributed by atoms with van der Waals surface area (Å²) in [6.45, 7) is 1.000. The molecule has 2 saturated heterocycles. The van der Waals surface area contributed by atoms with E-state index in [4.69, 9.17) is 0 Å². The van der Waals surface area contributed by atoms with Crippen molar-refractivity contribution < 1.29 is 32.1 Å². The molecule has 2 aromatic carbocycles. The van der Waals surface area contributed by atoms with Gasteiger partial charge in [-0.15, -0.1) is 0 Å². The number of piperazine rings is 1. The third-order valence-electron chi connectivity index (χ3n) is 5.80. The Morgan fingerprint density at radius 1 is 0.970 bits per heavy atom. The van der Waals surface area contributed by atoms with Crippen molar-refractivity contribution in [3.05, 3.63) is 64.0 Å². The first-order chi connectivity index (χ1) is 15.6. The maximum atomic E-state index is 13.2.